The van der Waals surface area contributed by atoms with Crippen molar-refractivity contribution in [1.82, 2.24) is 0 Å². The second-order valence-electron chi connectivity index (χ2n) is 10.3. The fourth-order valence-electron chi connectivity index (χ4n) is 2.52. The van der Waals surface area contributed by atoms with Crippen LogP contribution in [0.15, 0.2) is 0 Å². The second kappa shape index (κ2) is 23.2. The van der Waals surface area contributed by atoms with Gasteiger partial charge in [-0.1, -0.05) is 0 Å². The summed E-state index contributed by atoms with van der Waals surface area (Å²) in [4.78, 5) is 0. The van der Waals surface area contributed by atoms with E-state index in [1.54, 1.807) is 0 Å². The van der Waals surface area contributed by atoms with Crippen molar-refractivity contribution in [3.63, 3.8) is 0 Å². The Balaban J connectivity index is -0.000000243. The molecule has 0 aliphatic heterocycles. The highest BCUT2D eigenvalue weighted by Crippen LogP contribution is 2.57. The standard InChI is InChI=1S/2C6H5F9O.2C5H3F9O.C2H4Cl2/c1-2-16-6(14,15)4(9,10)3(7,8)5(11,12)13;1-2-16-6(14,15)3(7,4(8,9)10)5(11,12)13;1-15-5(13,14)3(8,9)2(6,7)4(10,11)12;1-15-5(13,14)2(6,3(7,8)9)4(10,11)12;3-1-2-4/h2*2H2,1H3;2*1H3;1-2H2. The van der Waals surface area contributed by atoms with E-state index in [4.69, 9.17) is 23.2 Å². The Hall–Kier alpha value is -2.10. The average Bonchev–Trinajstić information content (AvgIpc) is 3.08. The van der Waals surface area contributed by atoms with Crippen LogP contribution < -0.4 is 0 Å². The van der Waals surface area contributed by atoms with Crippen LogP contribution in [-0.2, 0) is 18.9 Å². The molecule has 0 aliphatic rings. The van der Waals surface area contributed by atoms with Gasteiger partial charge >= 0.3 is 96.5 Å². The SMILES string of the molecule is CCOC(F)(F)C(F)(C(F)(F)F)C(F)(F)F.CCOC(F)(F)C(F)(F)C(F)(F)C(F)(F)F.COC(F)(F)C(F)(C(F)(F)F)C(F)(F)F.COC(F)(F)C(F)(F)C(F)(F)C(F)(F)F.ClCCCl. The summed E-state index contributed by atoms with van der Waals surface area (Å²) in [6.45, 7) is -0.946. The molecule has 0 rings (SSSR count). The third kappa shape index (κ3) is 15.7. The van der Waals surface area contributed by atoms with Crippen molar-refractivity contribution in [2.45, 2.75) is 110 Å². The molecule has 0 heterocycles. The van der Waals surface area contributed by atoms with Crippen molar-refractivity contribution in [3.8, 4) is 0 Å². The summed E-state index contributed by atoms with van der Waals surface area (Å²) < 4.78 is 440. The maximum atomic E-state index is 12.6. The molecule has 42 heteroatoms. The van der Waals surface area contributed by atoms with Crippen molar-refractivity contribution < 1.29 is 177 Å². The number of halogens is 38. The molecule has 0 bridgehead atoms. The first-order valence-electron chi connectivity index (χ1n) is 14.5. The van der Waals surface area contributed by atoms with Crippen LogP contribution in [0.2, 0.25) is 0 Å². The minimum Gasteiger partial charge on any atom is -0.321 e. The van der Waals surface area contributed by atoms with E-state index in [1.165, 1.54) is 0 Å². The molecule has 0 aromatic carbocycles. The fourth-order valence-corrected chi connectivity index (χ4v) is 2.52. The average molecular weight is 1130 g/mol. The second-order valence-corrected chi connectivity index (χ2v) is 11.1. The van der Waals surface area contributed by atoms with E-state index in [1.807, 2.05) is 0 Å². The Labute approximate surface area is 350 Å². The van der Waals surface area contributed by atoms with Gasteiger partial charge in [-0.2, -0.15) is 149 Å². The third-order valence-corrected chi connectivity index (χ3v) is 6.40. The van der Waals surface area contributed by atoms with Crippen LogP contribution in [0.5, 0.6) is 0 Å². The largest absolute Gasteiger partial charge is 0.460 e. The summed E-state index contributed by atoms with van der Waals surface area (Å²) in [5.74, 6) is -26.0. The van der Waals surface area contributed by atoms with Crippen molar-refractivity contribution >= 4 is 23.2 Å². The number of ether oxygens (including phenoxy) is 4. The van der Waals surface area contributed by atoms with E-state index in [-0.39, 0.29) is 14.2 Å². The summed E-state index contributed by atoms with van der Waals surface area (Å²) in [7, 11) is -0.299. The molecular weight excluding hydrogens is 1110 g/mol. The zero-order valence-electron chi connectivity index (χ0n) is 30.8. The normalized spacial score (nSPS) is 15.0. The molecule has 0 unspecified atom stereocenters. The van der Waals surface area contributed by atoms with Gasteiger partial charge in [0, 0.05) is 26.0 Å². The van der Waals surface area contributed by atoms with Crippen LogP contribution >= 0.6 is 23.2 Å². The van der Waals surface area contributed by atoms with Gasteiger partial charge in [-0.3, -0.25) is 0 Å². The molecule has 66 heavy (non-hydrogen) atoms. The summed E-state index contributed by atoms with van der Waals surface area (Å²) in [5.41, 5.74) is -13.5. The summed E-state index contributed by atoms with van der Waals surface area (Å²) in [6.07, 6.45) is -64.9. The van der Waals surface area contributed by atoms with Crippen molar-refractivity contribution in [2.75, 3.05) is 39.2 Å². The maximum Gasteiger partial charge on any atom is 0.460 e. The molecule has 0 amide bonds. The molecule has 0 aromatic heterocycles. The number of hydrogen-bond donors (Lipinski definition) is 0. The lowest BCUT2D eigenvalue weighted by Gasteiger charge is -2.35. The predicted octanol–water partition coefficient (Wildman–Crippen LogP) is 14.5. The van der Waals surface area contributed by atoms with Gasteiger partial charge in [0.1, 0.15) is 0 Å². The summed E-state index contributed by atoms with van der Waals surface area (Å²) in [6, 6.07) is 0. The third-order valence-electron chi connectivity index (χ3n) is 5.83. The van der Waals surface area contributed by atoms with Crippen LogP contribution in [0.3, 0.4) is 0 Å². The first-order valence-corrected chi connectivity index (χ1v) is 15.5. The topological polar surface area (TPSA) is 36.9 Å². The molecule has 0 atom stereocenters. The minimum absolute atomic E-state index is 0.125. The van der Waals surface area contributed by atoms with Crippen LogP contribution in [0, 0.1) is 0 Å². The van der Waals surface area contributed by atoms with E-state index in [0.717, 1.165) is 6.92 Å². The number of methoxy groups -OCH3 is 2. The predicted molar refractivity (Wildman–Crippen MR) is 142 cm³/mol. The van der Waals surface area contributed by atoms with E-state index < -0.39 is 110 Å². The molecule has 0 aromatic rings. The van der Waals surface area contributed by atoms with Crippen molar-refractivity contribution in [2.24, 2.45) is 0 Å². The number of rotatable bonds is 13. The van der Waals surface area contributed by atoms with Crippen molar-refractivity contribution in [1.29, 1.82) is 0 Å². The van der Waals surface area contributed by atoms with E-state index in [0.29, 0.717) is 18.7 Å². The first-order chi connectivity index (χ1) is 28.2. The molecule has 0 spiro atoms. The van der Waals surface area contributed by atoms with Crippen LogP contribution in [0.1, 0.15) is 13.8 Å². The Morgan fingerprint density at radius 1 is 0.273 bits per heavy atom. The van der Waals surface area contributed by atoms with Gasteiger partial charge in [-0.25, -0.2) is 8.78 Å². The lowest BCUT2D eigenvalue weighted by atomic mass is 10.0. The summed E-state index contributed by atoms with van der Waals surface area (Å²) in [5, 5.41) is 0. The quantitative estimate of drug-likeness (QED) is 0.136. The van der Waals surface area contributed by atoms with E-state index >= 15 is 0 Å². The Morgan fingerprint density at radius 3 is 0.621 bits per heavy atom. The smallest absolute Gasteiger partial charge is 0.321 e. The molecular formula is C24H20Cl2F36O4. The molecule has 0 fully saturated rings. The molecule has 0 saturated heterocycles. The van der Waals surface area contributed by atoms with Gasteiger partial charge in [0.05, 0.1) is 13.2 Å². The number of hydrogen-bond acceptors (Lipinski definition) is 4. The van der Waals surface area contributed by atoms with Gasteiger partial charge in [0.15, 0.2) is 0 Å². The molecule has 0 saturated carbocycles. The van der Waals surface area contributed by atoms with E-state index in [9.17, 15) is 158 Å². The Kier molecular flexibility index (Phi) is 25.6. The molecule has 4 nitrogen and oxygen atoms in total. The molecule has 0 N–H and O–H groups in total. The van der Waals surface area contributed by atoms with Gasteiger partial charge in [0.25, 0.3) is 0 Å². The van der Waals surface area contributed by atoms with Crippen LogP contribution in [0.25, 0.3) is 0 Å². The van der Waals surface area contributed by atoms with Gasteiger partial charge in [-0.05, 0) is 13.8 Å². The Bertz CT molecular complexity index is 1360. The van der Waals surface area contributed by atoms with E-state index in [2.05, 4.69) is 18.9 Å². The fraction of sp³-hybridized carbons (Fsp3) is 1.00. The maximum absolute atomic E-state index is 12.6. The highest BCUT2D eigenvalue weighted by Gasteiger charge is 2.87. The highest BCUT2D eigenvalue weighted by atomic mass is 35.5. The van der Waals surface area contributed by atoms with Gasteiger partial charge in [-0.15, -0.1) is 23.2 Å². The van der Waals surface area contributed by atoms with Crippen molar-refractivity contribution in [3.05, 3.63) is 0 Å². The molecule has 0 aliphatic carbocycles. The molecule has 0 radical (unpaired) electrons. The van der Waals surface area contributed by atoms with Gasteiger partial charge < -0.3 is 18.9 Å². The lowest BCUT2D eigenvalue weighted by molar-refractivity contribution is -0.448. The monoisotopic (exact) mass is 1130 g/mol. The van der Waals surface area contributed by atoms with Crippen LogP contribution in [0.4, 0.5) is 158 Å². The minimum atomic E-state index is -6.89. The Morgan fingerprint density at radius 2 is 0.470 bits per heavy atom. The zero-order valence-corrected chi connectivity index (χ0v) is 32.3. The zero-order chi connectivity index (χ0) is 55.7. The summed E-state index contributed by atoms with van der Waals surface area (Å²) >= 11 is 10.1. The molecule has 406 valence electrons. The highest BCUT2D eigenvalue weighted by molar-refractivity contribution is 6.25. The van der Waals surface area contributed by atoms with Crippen LogP contribution in [-0.4, -0.2) is 136 Å². The lowest BCUT2D eigenvalue weighted by Crippen LogP contribution is -2.65. The number of alkyl halides is 38. The van der Waals surface area contributed by atoms with Gasteiger partial charge in [0.2, 0.25) is 0 Å². The first kappa shape index (κ1) is 72.9.